The van der Waals surface area contributed by atoms with E-state index in [0.717, 1.165) is 10.9 Å². The van der Waals surface area contributed by atoms with Crippen molar-refractivity contribution in [1.29, 1.82) is 0 Å². The largest absolute Gasteiger partial charge is 0.320 e. The molecule has 2 aromatic carbocycles. The Balaban J connectivity index is 1.92. The van der Waals surface area contributed by atoms with E-state index in [-0.39, 0.29) is 11.7 Å². The molecule has 0 aliphatic rings. The number of hydrogen-bond donors (Lipinski definition) is 1. The average Bonchev–Trinajstić information content (AvgIpc) is 2.54. The molecule has 3 rings (SSSR count). The van der Waals surface area contributed by atoms with E-state index in [1.807, 2.05) is 30.3 Å². The van der Waals surface area contributed by atoms with E-state index in [4.69, 9.17) is 0 Å². The molecular weight excluding hydrogens is 276 g/mol. The topological polar surface area (TPSA) is 59.1 Å². The first-order valence-electron chi connectivity index (χ1n) is 6.92. The summed E-state index contributed by atoms with van der Waals surface area (Å²) in [7, 11) is 0. The average molecular weight is 290 g/mol. The fourth-order valence-electron chi connectivity index (χ4n) is 2.28. The van der Waals surface area contributed by atoms with Gasteiger partial charge in [0.1, 0.15) is 5.69 Å². The molecule has 22 heavy (non-hydrogen) atoms. The normalized spacial score (nSPS) is 10.4. The number of fused-ring (bicyclic) bond motifs is 1. The third-order valence-electron chi connectivity index (χ3n) is 3.39. The lowest BCUT2D eigenvalue weighted by atomic mass is 10.1. The zero-order valence-electron chi connectivity index (χ0n) is 12.0. The molecular formula is C18H14N2O2. The molecule has 1 N–H and O–H groups in total. The second-order valence-corrected chi connectivity index (χ2v) is 4.95. The van der Waals surface area contributed by atoms with Crippen LogP contribution in [0.3, 0.4) is 0 Å². The smallest absolute Gasteiger partial charge is 0.274 e. The Kier molecular flexibility index (Phi) is 3.66. The van der Waals surface area contributed by atoms with E-state index in [9.17, 15) is 9.59 Å². The second kappa shape index (κ2) is 5.77. The van der Waals surface area contributed by atoms with Crippen molar-refractivity contribution in [3.8, 4) is 0 Å². The van der Waals surface area contributed by atoms with Gasteiger partial charge in [-0.3, -0.25) is 9.59 Å². The van der Waals surface area contributed by atoms with Gasteiger partial charge < -0.3 is 5.32 Å². The molecule has 0 radical (unpaired) electrons. The molecule has 0 atom stereocenters. The summed E-state index contributed by atoms with van der Waals surface area (Å²) in [6.45, 7) is 1.47. The molecule has 1 aromatic heterocycles. The highest BCUT2D eigenvalue weighted by molar-refractivity contribution is 6.08. The Hall–Kier alpha value is -3.01. The summed E-state index contributed by atoms with van der Waals surface area (Å²) in [6.07, 6.45) is 0. The molecule has 3 aromatic rings. The number of aromatic nitrogens is 1. The number of carbonyl (C=O) groups excluding carboxylic acids is 2. The number of rotatable bonds is 3. The molecule has 1 heterocycles. The molecule has 0 aliphatic heterocycles. The van der Waals surface area contributed by atoms with E-state index in [1.54, 1.807) is 30.3 Å². The first-order chi connectivity index (χ1) is 10.6. The van der Waals surface area contributed by atoms with Gasteiger partial charge in [-0.2, -0.15) is 0 Å². The van der Waals surface area contributed by atoms with Gasteiger partial charge in [-0.15, -0.1) is 0 Å². The fraction of sp³-hybridized carbons (Fsp3) is 0.0556. The molecule has 1 amide bonds. The minimum atomic E-state index is -0.334. The molecule has 0 aliphatic carbocycles. The number of nitrogens with zero attached hydrogens (tertiary/aromatic N) is 1. The summed E-state index contributed by atoms with van der Waals surface area (Å²) in [6, 6.07) is 18.1. The first-order valence-corrected chi connectivity index (χ1v) is 6.92. The van der Waals surface area contributed by atoms with Crippen LogP contribution in [-0.2, 0) is 0 Å². The number of Topliss-reactive ketones (excluding diaryl/α,β-unsaturated/α-hetero) is 1. The maximum Gasteiger partial charge on any atom is 0.274 e. The Bertz CT molecular complexity index is 872. The molecule has 0 bridgehead atoms. The van der Waals surface area contributed by atoms with Gasteiger partial charge in [0, 0.05) is 10.9 Å². The summed E-state index contributed by atoms with van der Waals surface area (Å²) in [5.74, 6) is -0.429. The van der Waals surface area contributed by atoms with Crippen LogP contribution in [0.1, 0.15) is 27.8 Å². The van der Waals surface area contributed by atoms with Crippen LogP contribution in [0.25, 0.3) is 10.9 Å². The predicted molar refractivity (Wildman–Crippen MR) is 86.1 cm³/mol. The third-order valence-corrected chi connectivity index (χ3v) is 3.39. The number of amides is 1. The molecule has 0 saturated carbocycles. The maximum atomic E-state index is 12.3. The van der Waals surface area contributed by atoms with Gasteiger partial charge in [0.05, 0.1) is 11.2 Å². The van der Waals surface area contributed by atoms with Gasteiger partial charge in [-0.05, 0) is 31.2 Å². The molecule has 0 saturated heterocycles. The number of hydrogen-bond acceptors (Lipinski definition) is 3. The lowest BCUT2D eigenvalue weighted by molar-refractivity contribution is 0.101. The monoisotopic (exact) mass is 290 g/mol. The number of nitrogens with one attached hydrogen (secondary N) is 1. The van der Waals surface area contributed by atoms with Gasteiger partial charge in [-0.25, -0.2) is 4.98 Å². The van der Waals surface area contributed by atoms with Crippen molar-refractivity contribution in [3.05, 3.63) is 71.9 Å². The fourth-order valence-corrected chi connectivity index (χ4v) is 2.28. The minimum Gasteiger partial charge on any atom is -0.320 e. The predicted octanol–water partition coefficient (Wildman–Crippen LogP) is 3.69. The van der Waals surface area contributed by atoms with Crippen molar-refractivity contribution in [2.45, 2.75) is 6.92 Å². The highest BCUT2D eigenvalue weighted by Gasteiger charge is 2.12. The van der Waals surface area contributed by atoms with Crippen LogP contribution in [0.4, 0.5) is 5.69 Å². The van der Waals surface area contributed by atoms with Crippen molar-refractivity contribution in [2.24, 2.45) is 0 Å². The molecule has 4 nitrogen and oxygen atoms in total. The summed E-state index contributed by atoms with van der Waals surface area (Å²) in [4.78, 5) is 28.3. The van der Waals surface area contributed by atoms with E-state index in [1.165, 1.54) is 6.92 Å². The van der Waals surface area contributed by atoms with Crippen LogP contribution in [0.15, 0.2) is 60.7 Å². The summed E-state index contributed by atoms with van der Waals surface area (Å²) in [5, 5.41) is 3.73. The van der Waals surface area contributed by atoms with Crippen LogP contribution in [0.5, 0.6) is 0 Å². The Labute approximate surface area is 127 Å². The maximum absolute atomic E-state index is 12.3. The standard InChI is InChI=1S/C18H14N2O2/c1-12(21)14-7-3-5-9-16(14)20-18(22)17-11-10-13-6-2-4-8-15(13)19-17/h2-11H,1H3,(H,20,22). The first kappa shape index (κ1) is 13.9. The van der Waals surface area contributed by atoms with Gasteiger partial charge in [-0.1, -0.05) is 36.4 Å². The highest BCUT2D eigenvalue weighted by atomic mass is 16.2. The van der Waals surface area contributed by atoms with Gasteiger partial charge in [0.25, 0.3) is 5.91 Å². The van der Waals surface area contributed by atoms with Crippen LogP contribution in [0, 0.1) is 0 Å². The van der Waals surface area contributed by atoms with E-state index < -0.39 is 0 Å². The van der Waals surface area contributed by atoms with Crippen LogP contribution in [-0.4, -0.2) is 16.7 Å². The lowest BCUT2D eigenvalue weighted by Crippen LogP contribution is -2.15. The molecule has 0 spiro atoms. The lowest BCUT2D eigenvalue weighted by Gasteiger charge is -2.09. The highest BCUT2D eigenvalue weighted by Crippen LogP contribution is 2.17. The van der Waals surface area contributed by atoms with Gasteiger partial charge in [0.2, 0.25) is 0 Å². The Morgan fingerprint density at radius 3 is 2.45 bits per heavy atom. The number of ketones is 1. The Morgan fingerprint density at radius 1 is 0.909 bits per heavy atom. The molecule has 4 heteroatoms. The quantitative estimate of drug-likeness (QED) is 0.748. The number of para-hydroxylation sites is 2. The number of anilines is 1. The van der Waals surface area contributed by atoms with Gasteiger partial charge in [0.15, 0.2) is 5.78 Å². The SMILES string of the molecule is CC(=O)c1ccccc1NC(=O)c1ccc2ccccc2n1. The molecule has 0 unspecified atom stereocenters. The van der Waals surface area contributed by atoms with E-state index >= 15 is 0 Å². The van der Waals surface area contributed by atoms with E-state index in [0.29, 0.717) is 16.9 Å². The summed E-state index contributed by atoms with van der Waals surface area (Å²) < 4.78 is 0. The van der Waals surface area contributed by atoms with Gasteiger partial charge >= 0.3 is 0 Å². The van der Waals surface area contributed by atoms with Crippen molar-refractivity contribution in [1.82, 2.24) is 4.98 Å². The molecule has 0 fully saturated rings. The zero-order chi connectivity index (χ0) is 15.5. The van der Waals surface area contributed by atoms with Crippen molar-refractivity contribution >= 4 is 28.3 Å². The van der Waals surface area contributed by atoms with Crippen LogP contribution >= 0.6 is 0 Å². The van der Waals surface area contributed by atoms with Crippen LogP contribution < -0.4 is 5.32 Å². The van der Waals surface area contributed by atoms with E-state index in [2.05, 4.69) is 10.3 Å². The minimum absolute atomic E-state index is 0.0950. The third kappa shape index (κ3) is 2.72. The number of carbonyl (C=O) groups is 2. The van der Waals surface area contributed by atoms with Crippen LogP contribution in [0.2, 0.25) is 0 Å². The second-order valence-electron chi connectivity index (χ2n) is 4.95. The summed E-state index contributed by atoms with van der Waals surface area (Å²) >= 11 is 0. The summed E-state index contributed by atoms with van der Waals surface area (Å²) in [5.41, 5.74) is 2.05. The zero-order valence-corrected chi connectivity index (χ0v) is 12.0. The Morgan fingerprint density at radius 2 is 1.64 bits per heavy atom. The number of benzene rings is 2. The molecule has 108 valence electrons. The van der Waals surface area contributed by atoms with Crippen molar-refractivity contribution in [2.75, 3.05) is 5.32 Å². The van der Waals surface area contributed by atoms with Crippen molar-refractivity contribution in [3.63, 3.8) is 0 Å². The number of pyridine rings is 1. The van der Waals surface area contributed by atoms with Crippen molar-refractivity contribution < 1.29 is 9.59 Å².